The molecule has 2 heteroatoms. The average Bonchev–Trinajstić information content (AvgIpc) is 2.17. The third kappa shape index (κ3) is 4.78. The molecule has 4 unspecified atom stereocenters. The SMILES string of the molecule is CSCC(C)CNC1CCC(C)CC1C. The monoisotopic (exact) mass is 229 g/mol. The molecule has 0 aliphatic heterocycles. The van der Waals surface area contributed by atoms with Crippen LogP contribution in [0.2, 0.25) is 0 Å². The molecule has 90 valence electrons. The molecular formula is C13H27NS. The molecule has 1 saturated carbocycles. The molecule has 0 aromatic heterocycles. The topological polar surface area (TPSA) is 12.0 Å². The first-order valence-electron chi connectivity index (χ1n) is 6.35. The maximum absolute atomic E-state index is 3.76. The van der Waals surface area contributed by atoms with Crippen molar-refractivity contribution >= 4 is 11.8 Å². The summed E-state index contributed by atoms with van der Waals surface area (Å²) in [7, 11) is 0. The lowest BCUT2D eigenvalue weighted by molar-refractivity contribution is 0.224. The van der Waals surface area contributed by atoms with Crippen molar-refractivity contribution in [2.24, 2.45) is 17.8 Å². The molecule has 1 aliphatic rings. The number of nitrogens with one attached hydrogen (secondary N) is 1. The zero-order chi connectivity index (χ0) is 11.3. The van der Waals surface area contributed by atoms with E-state index in [2.05, 4.69) is 32.3 Å². The molecule has 15 heavy (non-hydrogen) atoms. The third-order valence-corrected chi connectivity index (χ3v) is 4.51. The van der Waals surface area contributed by atoms with Crippen LogP contribution in [0.4, 0.5) is 0 Å². The van der Waals surface area contributed by atoms with Crippen LogP contribution in [0.5, 0.6) is 0 Å². The highest BCUT2D eigenvalue weighted by Crippen LogP contribution is 2.28. The lowest BCUT2D eigenvalue weighted by atomic mass is 9.80. The molecule has 0 saturated heterocycles. The maximum atomic E-state index is 3.76. The largest absolute Gasteiger partial charge is 0.313 e. The van der Waals surface area contributed by atoms with Crippen LogP contribution in [0, 0.1) is 17.8 Å². The summed E-state index contributed by atoms with van der Waals surface area (Å²) in [6.07, 6.45) is 6.41. The van der Waals surface area contributed by atoms with Gasteiger partial charge in [-0.05, 0) is 55.6 Å². The average molecular weight is 229 g/mol. The standard InChI is InChI=1S/C13H27NS/c1-10-5-6-13(12(3)7-10)14-8-11(2)9-15-4/h10-14H,5-9H2,1-4H3. The predicted molar refractivity (Wildman–Crippen MR) is 71.5 cm³/mol. The number of hydrogen-bond acceptors (Lipinski definition) is 2. The fourth-order valence-corrected chi connectivity index (χ4v) is 3.35. The van der Waals surface area contributed by atoms with Gasteiger partial charge in [0, 0.05) is 6.04 Å². The van der Waals surface area contributed by atoms with Gasteiger partial charge < -0.3 is 5.32 Å². The van der Waals surface area contributed by atoms with E-state index in [0.29, 0.717) is 0 Å². The van der Waals surface area contributed by atoms with Crippen molar-refractivity contribution in [3.63, 3.8) is 0 Å². The van der Waals surface area contributed by atoms with Gasteiger partial charge in [-0.2, -0.15) is 11.8 Å². The van der Waals surface area contributed by atoms with Crippen molar-refractivity contribution in [1.82, 2.24) is 5.32 Å². The summed E-state index contributed by atoms with van der Waals surface area (Å²) in [6.45, 7) is 8.35. The van der Waals surface area contributed by atoms with Crippen molar-refractivity contribution in [3.05, 3.63) is 0 Å². The van der Waals surface area contributed by atoms with Crippen molar-refractivity contribution in [2.45, 2.75) is 46.1 Å². The van der Waals surface area contributed by atoms with Gasteiger partial charge in [0.05, 0.1) is 0 Å². The number of thioether (sulfide) groups is 1. The molecule has 1 aliphatic carbocycles. The molecule has 1 nitrogen and oxygen atoms in total. The highest BCUT2D eigenvalue weighted by Gasteiger charge is 2.24. The van der Waals surface area contributed by atoms with Crippen LogP contribution < -0.4 is 5.32 Å². The van der Waals surface area contributed by atoms with Gasteiger partial charge in [-0.3, -0.25) is 0 Å². The molecule has 4 atom stereocenters. The third-order valence-electron chi connectivity index (χ3n) is 3.61. The van der Waals surface area contributed by atoms with Crippen LogP contribution in [-0.4, -0.2) is 24.6 Å². The molecule has 1 fully saturated rings. The second-order valence-corrected chi connectivity index (χ2v) is 6.38. The Labute approximate surface area is 99.8 Å². The van der Waals surface area contributed by atoms with Crippen molar-refractivity contribution < 1.29 is 0 Å². The van der Waals surface area contributed by atoms with E-state index in [0.717, 1.165) is 23.8 Å². The Bertz CT molecular complexity index is 172. The van der Waals surface area contributed by atoms with Crippen LogP contribution in [0.3, 0.4) is 0 Å². The van der Waals surface area contributed by atoms with E-state index in [-0.39, 0.29) is 0 Å². The molecule has 0 radical (unpaired) electrons. The second-order valence-electron chi connectivity index (χ2n) is 5.47. The Morgan fingerprint density at radius 1 is 1.33 bits per heavy atom. The summed E-state index contributed by atoms with van der Waals surface area (Å²) >= 11 is 1.96. The van der Waals surface area contributed by atoms with E-state index < -0.39 is 0 Å². The lowest BCUT2D eigenvalue weighted by Crippen LogP contribution is -2.41. The quantitative estimate of drug-likeness (QED) is 0.775. The summed E-state index contributed by atoms with van der Waals surface area (Å²) in [6, 6.07) is 0.783. The predicted octanol–water partition coefficient (Wildman–Crippen LogP) is 3.40. The van der Waals surface area contributed by atoms with Crippen LogP contribution in [0.25, 0.3) is 0 Å². The Kier molecular flexibility index (Phi) is 6.06. The molecule has 0 aromatic rings. The molecule has 0 amide bonds. The molecule has 0 bridgehead atoms. The minimum atomic E-state index is 0.783. The van der Waals surface area contributed by atoms with Crippen LogP contribution >= 0.6 is 11.8 Å². The molecule has 0 spiro atoms. The van der Waals surface area contributed by atoms with Crippen LogP contribution in [-0.2, 0) is 0 Å². The van der Waals surface area contributed by atoms with E-state index in [1.165, 1.54) is 31.6 Å². The zero-order valence-corrected chi connectivity index (χ0v) is 11.6. The summed E-state index contributed by atoms with van der Waals surface area (Å²) in [4.78, 5) is 0. The Morgan fingerprint density at radius 2 is 2.07 bits per heavy atom. The molecule has 0 heterocycles. The minimum Gasteiger partial charge on any atom is -0.313 e. The summed E-state index contributed by atoms with van der Waals surface area (Å²) in [5.74, 6) is 3.91. The molecule has 0 aromatic carbocycles. The van der Waals surface area contributed by atoms with Gasteiger partial charge in [-0.15, -0.1) is 0 Å². The second kappa shape index (κ2) is 6.80. The van der Waals surface area contributed by atoms with Crippen molar-refractivity contribution in [3.8, 4) is 0 Å². The van der Waals surface area contributed by atoms with Crippen LogP contribution in [0.1, 0.15) is 40.0 Å². The Morgan fingerprint density at radius 3 is 2.67 bits per heavy atom. The first kappa shape index (κ1) is 13.4. The van der Waals surface area contributed by atoms with Gasteiger partial charge in [0.2, 0.25) is 0 Å². The highest BCUT2D eigenvalue weighted by atomic mass is 32.2. The summed E-state index contributed by atoms with van der Waals surface area (Å²) < 4.78 is 0. The van der Waals surface area contributed by atoms with E-state index in [9.17, 15) is 0 Å². The first-order chi connectivity index (χ1) is 7.13. The Hall–Kier alpha value is 0.310. The normalized spacial score (nSPS) is 34.0. The summed E-state index contributed by atoms with van der Waals surface area (Å²) in [5.41, 5.74) is 0. The summed E-state index contributed by atoms with van der Waals surface area (Å²) in [5, 5.41) is 3.76. The van der Waals surface area contributed by atoms with Crippen LogP contribution in [0.15, 0.2) is 0 Å². The minimum absolute atomic E-state index is 0.783. The lowest BCUT2D eigenvalue weighted by Gasteiger charge is -2.34. The first-order valence-corrected chi connectivity index (χ1v) is 7.75. The number of hydrogen-bond donors (Lipinski definition) is 1. The fourth-order valence-electron chi connectivity index (χ4n) is 2.66. The van der Waals surface area contributed by atoms with E-state index in [4.69, 9.17) is 0 Å². The van der Waals surface area contributed by atoms with Crippen molar-refractivity contribution in [2.75, 3.05) is 18.6 Å². The van der Waals surface area contributed by atoms with E-state index >= 15 is 0 Å². The van der Waals surface area contributed by atoms with Gasteiger partial charge in [0.25, 0.3) is 0 Å². The maximum Gasteiger partial charge on any atom is 0.00930 e. The molecular weight excluding hydrogens is 202 g/mol. The van der Waals surface area contributed by atoms with Gasteiger partial charge in [-0.1, -0.05) is 20.8 Å². The van der Waals surface area contributed by atoms with Gasteiger partial charge in [-0.25, -0.2) is 0 Å². The highest BCUT2D eigenvalue weighted by molar-refractivity contribution is 7.98. The van der Waals surface area contributed by atoms with E-state index in [1.807, 2.05) is 11.8 Å². The zero-order valence-electron chi connectivity index (χ0n) is 10.8. The van der Waals surface area contributed by atoms with Gasteiger partial charge >= 0.3 is 0 Å². The van der Waals surface area contributed by atoms with Gasteiger partial charge in [0.1, 0.15) is 0 Å². The number of rotatable bonds is 5. The van der Waals surface area contributed by atoms with E-state index in [1.54, 1.807) is 0 Å². The van der Waals surface area contributed by atoms with Gasteiger partial charge in [0.15, 0.2) is 0 Å². The van der Waals surface area contributed by atoms with Crippen molar-refractivity contribution in [1.29, 1.82) is 0 Å². The molecule has 1 N–H and O–H groups in total. The fraction of sp³-hybridized carbons (Fsp3) is 1.00. The Balaban J connectivity index is 2.20. The molecule has 1 rings (SSSR count). The smallest absolute Gasteiger partial charge is 0.00930 e.